The summed E-state index contributed by atoms with van der Waals surface area (Å²) in [6.07, 6.45) is 12.3. The van der Waals surface area contributed by atoms with Crippen LogP contribution < -0.4 is 0 Å². The number of carbonyl (C=O) groups excluding carboxylic acids is 3. The molecule has 140 valence electrons. The Kier molecular flexibility index (Phi) is 7.69. The molecule has 0 unspecified atom stereocenters. The van der Waals surface area contributed by atoms with Crippen LogP contribution in [0.25, 0.3) is 0 Å². The first-order valence-electron chi connectivity index (χ1n) is 8.71. The quantitative estimate of drug-likeness (QED) is 0.308. The lowest BCUT2D eigenvalue weighted by Crippen LogP contribution is -2.24. The largest absolute Gasteiger partial charge is 0.390 e. The molecule has 0 aliphatic heterocycles. The lowest BCUT2D eigenvalue weighted by molar-refractivity contribution is -0.154. The van der Waals surface area contributed by atoms with E-state index in [0.29, 0.717) is 12.0 Å². The fourth-order valence-corrected chi connectivity index (χ4v) is 2.78. The number of rotatable bonds is 5. The number of hydrogen-bond acceptors (Lipinski definition) is 4. The van der Waals surface area contributed by atoms with Gasteiger partial charge in [0.05, 0.1) is 0 Å². The van der Waals surface area contributed by atoms with E-state index in [0.717, 1.165) is 23.1 Å². The van der Waals surface area contributed by atoms with Crippen molar-refractivity contribution in [2.45, 2.75) is 54.4 Å². The molecule has 0 aromatic rings. The Hall–Kier alpha value is -2.49. The highest BCUT2D eigenvalue weighted by Gasteiger charge is 2.30. The van der Waals surface area contributed by atoms with Crippen molar-refractivity contribution in [3.8, 4) is 0 Å². The van der Waals surface area contributed by atoms with E-state index in [1.165, 1.54) is 13.0 Å². The first-order chi connectivity index (χ1) is 12.0. The summed E-state index contributed by atoms with van der Waals surface area (Å²) < 4.78 is 4.44. The van der Waals surface area contributed by atoms with E-state index in [4.69, 9.17) is 0 Å². The van der Waals surface area contributed by atoms with Crippen LogP contribution in [0.1, 0.15) is 54.4 Å². The maximum absolute atomic E-state index is 12.0. The zero-order chi connectivity index (χ0) is 19.9. The van der Waals surface area contributed by atoms with E-state index in [-0.39, 0.29) is 11.2 Å². The monoisotopic (exact) mass is 356 g/mol. The molecule has 0 spiro atoms. The molecule has 0 saturated carbocycles. The topological polar surface area (TPSA) is 60.4 Å². The summed E-state index contributed by atoms with van der Waals surface area (Å²) in [5, 5.41) is 0. The summed E-state index contributed by atoms with van der Waals surface area (Å²) in [5.41, 5.74) is 3.65. The minimum absolute atomic E-state index is 0.00100. The highest BCUT2D eigenvalue weighted by Crippen LogP contribution is 2.39. The molecule has 0 atom stereocenters. The van der Waals surface area contributed by atoms with Gasteiger partial charge in [-0.1, -0.05) is 49.8 Å². The van der Waals surface area contributed by atoms with Gasteiger partial charge < -0.3 is 4.74 Å². The zero-order valence-corrected chi connectivity index (χ0v) is 16.5. The smallest absolute Gasteiger partial charge is 0.338 e. The van der Waals surface area contributed by atoms with Crippen LogP contribution >= 0.6 is 0 Å². The minimum atomic E-state index is -0.674. The Balaban J connectivity index is 2.82. The summed E-state index contributed by atoms with van der Waals surface area (Å²) in [4.78, 5) is 34.0. The van der Waals surface area contributed by atoms with Gasteiger partial charge in [0.25, 0.3) is 0 Å². The van der Waals surface area contributed by atoms with Gasteiger partial charge in [0.15, 0.2) is 5.78 Å². The molecule has 4 nitrogen and oxygen atoms in total. The van der Waals surface area contributed by atoms with Crippen LogP contribution in [0.5, 0.6) is 0 Å². The summed E-state index contributed by atoms with van der Waals surface area (Å²) in [7, 11) is 0. The molecule has 26 heavy (non-hydrogen) atoms. The predicted molar refractivity (Wildman–Crippen MR) is 103 cm³/mol. The van der Waals surface area contributed by atoms with Gasteiger partial charge in [-0.05, 0) is 49.3 Å². The number of carbonyl (C=O) groups is 3. The Morgan fingerprint density at radius 1 is 1.08 bits per heavy atom. The fourth-order valence-electron chi connectivity index (χ4n) is 2.78. The SMILES string of the molecule is CC(=O)OC(=O)/C=C(C)/C=C/C=C(C)/C=C/C1=C(C)C(=O)CCC1(C)C. The van der Waals surface area contributed by atoms with Gasteiger partial charge in [-0.3, -0.25) is 9.59 Å². The fraction of sp³-hybridized carbons (Fsp3) is 0.409. The van der Waals surface area contributed by atoms with Crippen molar-refractivity contribution in [2.24, 2.45) is 5.41 Å². The molecular formula is C22H28O4. The van der Waals surface area contributed by atoms with E-state index in [1.807, 2.05) is 38.2 Å². The second kappa shape index (κ2) is 9.27. The molecule has 4 heteroatoms. The van der Waals surface area contributed by atoms with Crippen molar-refractivity contribution >= 4 is 17.7 Å². The van der Waals surface area contributed by atoms with Crippen molar-refractivity contribution < 1.29 is 19.1 Å². The number of ether oxygens (including phenoxy) is 1. The lowest BCUT2D eigenvalue weighted by Gasteiger charge is -2.32. The second-order valence-electron chi connectivity index (χ2n) is 7.25. The molecule has 0 bridgehead atoms. The third-order valence-corrected chi connectivity index (χ3v) is 4.35. The average Bonchev–Trinajstić information content (AvgIpc) is 2.50. The van der Waals surface area contributed by atoms with Crippen LogP contribution in [-0.2, 0) is 19.1 Å². The highest BCUT2D eigenvalue weighted by molar-refractivity contribution is 5.97. The predicted octanol–water partition coefficient (Wildman–Crippen LogP) is 4.79. The first kappa shape index (κ1) is 21.6. The average molecular weight is 356 g/mol. The summed E-state index contributed by atoms with van der Waals surface area (Å²) in [6.45, 7) is 11.1. The lowest BCUT2D eigenvalue weighted by atomic mass is 9.72. The van der Waals surface area contributed by atoms with Gasteiger partial charge in [-0.25, -0.2) is 4.79 Å². The van der Waals surface area contributed by atoms with E-state index in [1.54, 1.807) is 13.0 Å². The maximum atomic E-state index is 12.0. The normalized spacial score (nSPS) is 18.8. The van der Waals surface area contributed by atoms with Crippen LogP contribution in [-0.4, -0.2) is 17.7 Å². The summed E-state index contributed by atoms with van der Waals surface area (Å²) in [5.74, 6) is -1.08. The van der Waals surface area contributed by atoms with E-state index < -0.39 is 11.9 Å². The Labute approximate surface area is 156 Å². The molecule has 0 aromatic heterocycles. The third kappa shape index (κ3) is 6.79. The Morgan fingerprint density at radius 3 is 2.35 bits per heavy atom. The molecule has 0 fully saturated rings. The van der Waals surface area contributed by atoms with Crippen molar-refractivity contribution in [3.63, 3.8) is 0 Å². The van der Waals surface area contributed by atoms with Gasteiger partial charge in [-0.2, -0.15) is 0 Å². The van der Waals surface area contributed by atoms with Gasteiger partial charge in [-0.15, -0.1) is 0 Å². The van der Waals surface area contributed by atoms with E-state index >= 15 is 0 Å². The minimum Gasteiger partial charge on any atom is -0.390 e. The van der Waals surface area contributed by atoms with Crippen molar-refractivity contribution in [3.05, 3.63) is 58.7 Å². The molecule has 0 heterocycles. The number of ketones is 1. The third-order valence-electron chi connectivity index (χ3n) is 4.35. The number of esters is 2. The van der Waals surface area contributed by atoms with Crippen LogP contribution in [0.4, 0.5) is 0 Å². The van der Waals surface area contributed by atoms with Crippen molar-refractivity contribution in [2.75, 3.05) is 0 Å². The van der Waals surface area contributed by atoms with Gasteiger partial charge >= 0.3 is 11.9 Å². The number of Topliss-reactive ketones (excluding diaryl/α,β-unsaturated/α-hetero) is 1. The summed E-state index contributed by atoms with van der Waals surface area (Å²) >= 11 is 0. The molecule has 1 aliphatic rings. The first-order valence-corrected chi connectivity index (χ1v) is 8.71. The van der Waals surface area contributed by atoms with E-state index in [9.17, 15) is 14.4 Å². The molecule has 0 radical (unpaired) electrons. The molecule has 1 aliphatic carbocycles. The summed E-state index contributed by atoms with van der Waals surface area (Å²) in [6, 6.07) is 0. The van der Waals surface area contributed by atoms with Crippen molar-refractivity contribution in [1.29, 1.82) is 0 Å². The Bertz CT molecular complexity index is 740. The Morgan fingerprint density at radius 2 is 1.73 bits per heavy atom. The van der Waals surface area contributed by atoms with E-state index in [2.05, 4.69) is 18.6 Å². The molecule has 0 N–H and O–H groups in total. The van der Waals surface area contributed by atoms with Gasteiger partial charge in [0.2, 0.25) is 0 Å². The maximum Gasteiger partial charge on any atom is 0.338 e. The molecule has 0 aromatic carbocycles. The molecular weight excluding hydrogens is 328 g/mol. The molecule has 0 saturated heterocycles. The van der Waals surface area contributed by atoms with Crippen molar-refractivity contribution in [1.82, 2.24) is 0 Å². The highest BCUT2D eigenvalue weighted by atomic mass is 16.6. The number of hydrogen-bond donors (Lipinski definition) is 0. The van der Waals surface area contributed by atoms with Crippen LogP contribution in [0.2, 0.25) is 0 Å². The van der Waals surface area contributed by atoms with Crippen LogP contribution in [0, 0.1) is 5.41 Å². The van der Waals surface area contributed by atoms with Crippen LogP contribution in [0.3, 0.4) is 0 Å². The standard InChI is InChI=1S/C22H28O4/c1-15(8-7-9-16(2)14-21(25)26-18(4)23)10-11-19-17(3)20(24)12-13-22(19,5)6/h7-11,14H,12-13H2,1-6H3/b9-7+,11-10+,15-8+,16-14+. The zero-order valence-electron chi connectivity index (χ0n) is 16.5. The van der Waals surface area contributed by atoms with Crippen LogP contribution in [0.15, 0.2) is 58.7 Å². The molecule has 1 rings (SSSR count). The second-order valence-corrected chi connectivity index (χ2v) is 7.25. The van der Waals surface area contributed by atoms with Gasteiger partial charge in [0, 0.05) is 19.4 Å². The molecule has 0 amide bonds. The number of allylic oxidation sites excluding steroid dienone is 9. The van der Waals surface area contributed by atoms with Gasteiger partial charge in [0.1, 0.15) is 0 Å².